The average Bonchev–Trinajstić information content (AvgIpc) is 2.26. The van der Waals surface area contributed by atoms with E-state index in [2.05, 4.69) is 4.74 Å². The maximum absolute atomic E-state index is 11.4. The molecule has 0 unspecified atom stereocenters. The monoisotopic (exact) mass is 226 g/mol. The molecule has 0 radical (unpaired) electrons. The van der Waals surface area contributed by atoms with Crippen LogP contribution in [0.4, 0.5) is 0 Å². The van der Waals surface area contributed by atoms with Crippen LogP contribution < -0.4 is 0 Å². The van der Waals surface area contributed by atoms with E-state index in [0.29, 0.717) is 0 Å². The quantitative estimate of drug-likeness (QED) is 0.541. The Morgan fingerprint density at radius 3 is 2.31 bits per heavy atom. The first-order valence-electron chi connectivity index (χ1n) is 5.27. The van der Waals surface area contributed by atoms with Crippen molar-refractivity contribution in [3.8, 4) is 0 Å². The van der Waals surface area contributed by atoms with Crippen molar-refractivity contribution in [1.82, 2.24) is 0 Å². The molecule has 0 aromatic heterocycles. The molecule has 90 valence electrons. The van der Waals surface area contributed by atoms with Gasteiger partial charge in [0.1, 0.15) is 0 Å². The predicted octanol–water partition coefficient (Wildman–Crippen LogP) is 1.55. The summed E-state index contributed by atoms with van der Waals surface area (Å²) >= 11 is 0. The third-order valence-corrected chi connectivity index (χ3v) is 3.49. The maximum Gasteiger partial charge on any atom is 0.330 e. The minimum absolute atomic E-state index is 0.0789. The second-order valence-corrected chi connectivity index (χ2v) is 4.62. The Balaban J connectivity index is 2.60. The number of carbonyl (C=O) groups is 2. The summed E-state index contributed by atoms with van der Waals surface area (Å²) in [7, 11) is 2.74. The van der Waals surface area contributed by atoms with Gasteiger partial charge in [0.15, 0.2) is 0 Å². The summed E-state index contributed by atoms with van der Waals surface area (Å²) in [4.78, 5) is 22.3. The number of hydrogen-bond donors (Lipinski definition) is 0. The van der Waals surface area contributed by atoms with E-state index in [0.717, 1.165) is 6.42 Å². The van der Waals surface area contributed by atoms with Gasteiger partial charge in [-0.2, -0.15) is 0 Å². The Bertz CT molecular complexity index is 317. The Morgan fingerprint density at radius 2 is 1.88 bits per heavy atom. The number of allylic oxidation sites excluding steroid dienone is 1. The summed E-state index contributed by atoms with van der Waals surface area (Å²) in [6, 6.07) is 0. The van der Waals surface area contributed by atoms with Crippen LogP contribution in [0.1, 0.15) is 20.3 Å². The molecule has 16 heavy (non-hydrogen) atoms. The number of esters is 2. The van der Waals surface area contributed by atoms with Gasteiger partial charge >= 0.3 is 11.9 Å². The van der Waals surface area contributed by atoms with Crippen LogP contribution in [0.15, 0.2) is 12.2 Å². The number of carbonyl (C=O) groups excluding carboxylic acids is 2. The normalized spacial score (nSPS) is 27.2. The van der Waals surface area contributed by atoms with Crippen molar-refractivity contribution in [2.75, 3.05) is 14.2 Å². The van der Waals surface area contributed by atoms with Gasteiger partial charge in [-0.05, 0) is 17.8 Å². The van der Waals surface area contributed by atoms with Gasteiger partial charge in [0.25, 0.3) is 0 Å². The average molecular weight is 226 g/mol. The highest BCUT2D eigenvalue weighted by molar-refractivity contribution is 5.82. The summed E-state index contributed by atoms with van der Waals surface area (Å²) in [6.45, 7) is 4.01. The smallest absolute Gasteiger partial charge is 0.330 e. The minimum Gasteiger partial charge on any atom is -0.469 e. The van der Waals surface area contributed by atoms with E-state index < -0.39 is 0 Å². The van der Waals surface area contributed by atoms with E-state index >= 15 is 0 Å². The van der Waals surface area contributed by atoms with Crippen molar-refractivity contribution < 1.29 is 19.1 Å². The van der Waals surface area contributed by atoms with E-state index in [-0.39, 0.29) is 29.2 Å². The Hall–Kier alpha value is -1.32. The zero-order valence-electron chi connectivity index (χ0n) is 10.1. The van der Waals surface area contributed by atoms with Gasteiger partial charge in [-0.1, -0.05) is 19.9 Å². The molecule has 0 aliphatic heterocycles. The SMILES string of the molecule is COC(=O)/C=C\[C@H]1C[C@@H](C(=O)OC)C1(C)C. The summed E-state index contributed by atoms with van der Waals surface area (Å²) in [6.07, 6.45) is 3.96. The summed E-state index contributed by atoms with van der Waals surface area (Å²) in [5, 5.41) is 0. The second kappa shape index (κ2) is 4.68. The molecule has 0 heterocycles. The Morgan fingerprint density at radius 1 is 1.25 bits per heavy atom. The zero-order chi connectivity index (χ0) is 12.3. The van der Waals surface area contributed by atoms with Crippen LogP contribution in [-0.2, 0) is 19.1 Å². The second-order valence-electron chi connectivity index (χ2n) is 4.62. The van der Waals surface area contributed by atoms with Crippen molar-refractivity contribution in [1.29, 1.82) is 0 Å². The molecule has 1 rings (SSSR count). The van der Waals surface area contributed by atoms with Crippen LogP contribution in [0.2, 0.25) is 0 Å². The topological polar surface area (TPSA) is 52.6 Å². The van der Waals surface area contributed by atoms with E-state index in [1.165, 1.54) is 20.3 Å². The summed E-state index contributed by atoms with van der Waals surface area (Å²) in [5.41, 5.74) is -0.155. The molecule has 0 aromatic rings. The fourth-order valence-electron chi connectivity index (χ4n) is 2.09. The third kappa shape index (κ3) is 2.26. The molecular formula is C12H18O4. The van der Waals surface area contributed by atoms with Gasteiger partial charge in [-0.25, -0.2) is 4.79 Å². The summed E-state index contributed by atoms with van der Waals surface area (Å²) < 4.78 is 9.25. The molecule has 0 aromatic carbocycles. The van der Waals surface area contributed by atoms with Crippen LogP contribution in [0.25, 0.3) is 0 Å². The first-order chi connectivity index (χ1) is 7.43. The van der Waals surface area contributed by atoms with Crippen LogP contribution in [0.5, 0.6) is 0 Å². The van der Waals surface area contributed by atoms with Gasteiger partial charge in [-0.15, -0.1) is 0 Å². The highest BCUT2D eigenvalue weighted by Crippen LogP contribution is 2.52. The molecule has 0 N–H and O–H groups in total. The molecule has 1 saturated carbocycles. The molecule has 0 saturated heterocycles. The highest BCUT2D eigenvalue weighted by atomic mass is 16.5. The highest BCUT2D eigenvalue weighted by Gasteiger charge is 2.51. The summed E-state index contributed by atoms with van der Waals surface area (Å²) in [5.74, 6) is -0.398. The van der Waals surface area contributed by atoms with Gasteiger partial charge in [-0.3, -0.25) is 4.79 Å². The molecule has 1 fully saturated rings. The van der Waals surface area contributed by atoms with Gasteiger partial charge < -0.3 is 9.47 Å². The lowest BCUT2D eigenvalue weighted by atomic mass is 9.54. The fraction of sp³-hybridized carbons (Fsp3) is 0.667. The first kappa shape index (κ1) is 12.7. The van der Waals surface area contributed by atoms with E-state index in [1.807, 2.05) is 19.9 Å². The number of hydrogen-bond acceptors (Lipinski definition) is 4. The van der Waals surface area contributed by atoms with Crippen molar-refractivity contribution in [2.45, 2.75) is 20.3 Å². The lowest BCUT2D eigenvalue weighted by Crippen LogP contribution is -2.48. The first-order valence-corrected chi connectivity index (χ1v) is 5.27. The zero-order valence-corrected chi connectivity index (χ0v) is 10.1. The van der Waals surface area contributed by atoms with Crippen LogP contribution in [0.3, 0.4) is 0 Å². The molecule has 1 aliphatic carbocycles. The van der Waals surface area contributed by atoms with Crippen molar-refractivity contribution in [3.05, 3.63) is 12.2 Å². The van der Waals surface area contributed by atoms with Crippen LogP contribution >= 0.6 is 0 Å². The number of rotatable bonds is 3. The lowest BCUT2D eigenvalue weighted by Gasteiger charge is -2.49. The Kier molecular flexibility index (Phi) is 3.73. The molecule has 2 atom stereocenters. The maximum atomic E-state index is 11.4. The van der Waals surface area contributed by atoms with Crippen molar-refractivity contribution >= 4 is 11.9 Å². The van der Waals surface area contributed by atoms with Gasteiger partial charge in [0.2, 0.25) is 0 Å². The number of ether oxygens (including phenoxy) is 2. The van der Waals surface area contributed by atoms with Crippen molar-refractivity contribution in [3.63, 3.8) is 0 Å². The molecule has 0 spiro atoms. The van der Waals surface area contributed by atoms with Gasteiger partial charge in [0.05, 0.1) is 20.1 Å². The van der Waals surface area contributed by atoms with E-state index in [1.54, 1.807) is 0 Å². The molecule has 4 nitrogen and oxygen atoms in total. The van der Waals surface area contributed by atoms with E-state index in [9.17, 15) is 9.59 Å². The molecule has 4 heteroatoms. The van der Waals surface area contributed by atoms with Crippen molar-refractivity contribution in [2.24, 2.45) is 17.3 Å². The molecule has 0 amide bonds. The molecular weight excluding hydrogens is 208 g/mol. The minimum atomic E-state index is -0.364. The van der Waals surface area contributed by atoms with Crippen LogP contribution in [-0.4, -0.2) is 26.2 Å². The Labute approximate surface area is 95.6 Å². The standard InChI is InChI=1S/C12H18O4/c1-12(2)8(5-6-10(13)15-3)7-9(12)11(14)16-4/h5-6,8-9H,7H2,1-4H3/b6-5-/t8-,9-/m0/s1. The predicted molar refractivity (Wildman–Crippen MR) is 58.6 cm³/mol. The van der Waals surface area contributed by atoms with Crippen LogP contribution in [0, 0.1) is 17.3 Å². The lowest BCUT2D eigenvalue weighted by molar-refractivity contribution is -0.159. The largest absolute Gasteiger partial charge is 0.469 e. The molecule has 1 aliphatic rings. The number of methoxy groups -OCH3 is 2. The van der Waals surface area contributed by atoms with Gasteiger partial charge in [0, 0.05) is 6.08 Å². The third-order valence-electron chi connectivity index (χ3n) is 3.49. The van der Waals surface area contributed by atoms with E-state index in [4.69, 9.17) is 4.74 Å². The molecule has 0 bridgehead atoms. The fourth-order valence-corrected chi connectivity index (χ4v) is 2.09.